The monoisotopic (exact) mass is 343 g/mol. The molecule has 1 amide bonds. The maximum Gasteiger partial charge on any atom is 0.265 e. The maximum absolute atomic E-state index is 12.3. The van der Waals surface area contributed by atoms with Crippen molar-refractivity contribution in [3.05, 3.63) is 69.0 Å². The minimum absolute atomic E-state index is 0.203. The van der Waals surface area contributed by atoms with E-state index < -0.39 is 11.5 Å². The van der Waals surface area contributed by atoms with Crippen molar-refractivity contribution in [1.29, 1.82) is 0 Å². The fourth-order valence-electron chi connectivity index (χ4n) is 2.38. The number of nitrogens with one attached hydrogen (secondary N) is 2. The van der Waals surface area contributed by atoms with E-state index in [4.69, 9.17) is 17.3 Å². The number of carbonyl (C=O) groups excluding carboxylic acids is 1. The first-order valence-corrected chi connectivity index (χ1v) is 7.50. The van der Waals surface area contributed by atoms with Crippen LogP contribution in [0.25, 0.3) is 10.9 Å². The molecular weight excluding hydrogens is 330 g/mol. The van der Waals surface area contributed by atoms with Crippen LogP contribution in [0.4, 0.5) is 5.69 Å². The highest BCUT2D eigenvalue weighted by Gasteiger charge is 2.19. The highest BCUT2D eigenvalue weighted by Crippen LogP contribution is 2.26. The van der Waals surface area contributed by atoms with E-state index >= 15 is 0 Å². The number of benzene rings is 2. The molecule has 3 rings (SSSR count). The Morgan fingerprint density at radius 2 is 1.92 bits per heavy atom. The molecule has 0 bridgehead atoms. The summed E-state index contributed by atoms with van der Waals surface area (Å²) in [4.78, 5) is 27.0. The highest BCUT2D eigenvalue weighted by molar-refractivity contribution is 6.30. The molecule has 0 aliphatic carbocycles. The van der Waals surface area contributed by atoms with Gasteiger partial charge in [-0.05, 0) is 35.9 Å². The minimum Gasteiger partial charge on any atom is -0.506 e. The topological polar surface area (TPSA) is 108 Å². The smallest absolute Gasteiger partial charge is 0.265 e. The van der Waals surface area contributed by atoms with Crippen LogP contribution in [0.5, 0.6) is 5.75 Å². The average molecular weight is 344 g/mol. The summed E-state index contributed by atoms with van der Waals surface area (Å²) >= 11 is 5.80. The molecule has 0 fully saturated rings. The van der Waals surface area contributed by atoms with Gasteiger partial charge in [0.2, 0.25) is 0 Å². The van der Waals surface area contributed by atoms with E-state index in [0.717, 1.165) is 5.56 Å². The lowest BCUT2D eigenvalue weighted by atomic mass is 10.1. The van der Waals surface area contributed by atoms with Crippen LogP contribution in [0.15, 0.2) is 47.3 Å². The predicted molar refractivity (Wildman–Crippen MR) is 93.3 cm³/mol. The molecule has 24 heavy (non-hydrogen) atoms. The number of carbonyl (C=O) groups is 1. The second kappa shape index (κ2) is 6.25. The Kier molecular flexibility index (Phi) is 4.14. The van der Waals surface area contributed by atoms with Crippen LogP contribution in [0.3, 0.4) is 0 Å². The lowest BCUT2D eigenvalue weighted by molar-refractivity contribution is 0.0947. The SMILES string of the molecule is Nc1ccc2c(O)c(C(=O)NCc3ccc(Cl)cc3)c(=O)[nH]c2c1. The van der Waals surface area contributed by atoms with Crippen molar-refractivity contribution in [3.8, 4) is 5.75 Å². The number of anilines is 1. The molecule has 0 aliphatic heterocycles. The van der Waals surface area contributed by atoms with Crippen LogP contribution in [0, 0.1) is 0 Å². The van der Waals surface area contributed by atoms with E-state index in [1.54, 1.807) is 36.4 Å². The first kappa shape index (κ1) is 15.9. The molecule has 0 aliphatic rings. The van der Waals surface area contributed by atoms with Gasteiger partial charge in [0.1, 0.15) is 11.3 Å². The highest BCUT2D eigenvalue weighted by atomic mass is 35.5. The van der Waals surface area contributed by atoms with Crippen molar-refractivity contribution < 1.29 is 9.90 Å². The number of rotatable bonds is 3. The van der Waals surface area contributed by atoms with Crippen LogP contribution in [-0.2, 0) is 6.54 Å². The molecule has 122 valence electrons. The zero-order chi connectivity index (χ0) is 17.3. The summed E-state index contributed by atoms with van der Waals surface area (Å²) in [5, 5.41) is 13.8. The van der Waals surface area contributed by atoms with Crippen molar-refractivity contribution in [2.45, 2.75) is 6.54 Å². The number of nitrogen functional groups attached to an aromatic ring is 1. The van der Waals surface area contributed by atoms with Gasteiger partial charge in [-0.15, -0.1) is 0 Å². The van der Waals surface area contributed by atoms with Gasteiger partial charge in [-0.1, -0.05) is 23.7 Å². The summed E-state index contributed by atoms with van der Waals surface area (Å²) in [6.07, 6.45) is 0. The molecule has 1 heterocycles. The largest absolute Gasteiger partial charge is 0.506 e. The molecular formula is C17H14ClN3O3. The van der Waals surface area contributed by atoms with Crippen LogP contribution in [0.2, 0.25) is 5.02 Å². The number of aromatic hydroxyl groups is 1. The standard InChI is InChI=1S/C17H14ClN3O3/c18-10-3-1-9(2-4-10)8-20-16(23)14-15(22)12-6-5-11(19)7-13(12)21-17(14)24/h1-7H,8,19H2,(H,20,23)(H2,21,22,24). The first-order valence-electron chi connectivity index (χ1n) is 7.13. The molecule has 6 nitrogen and oxygen atoms in total. The number of hydrogen-bond acceptors (Lipinski definition) is 4. The van der Waals surface area contributed by atoms with Crippen molar-refractivity contribution in [2.75, 3.05) is 5.73 Å². The van der Waals surface area contributed by atoms with E-state index in [2.05, 4.69) is 10.3 Å². The summed E-state index contributed by atoms with van der Waals surface area (Å²) in [6.45, 7) is 0.203. The molecule has 0 atom stereocenters. The van der Waals surface area contributed by atoms with Crippen molar-refractivity contribution in [2.24, 2.45) is 0 Å². The van der Waals surface area contributed by atoms with Gasteiger partial charge in [-0.3, -0.25) is 9.59 Å². The summed E-state index contributed by atoms with van der Waals surface area (Å²) in [6, 6.07) is 11.6. The Bertz CT molecular complexity index is 981. The number of hydrogen-bond donors (Lipinski definition) is 4. The summed E-state index contributed by atoms with van der Waals surface area (Å²) in [7, 11) is 0. The minimum atomic E-state index is -0.681. The second-order valence-electron chi connectivity index (χ2n) is 5.29. The van der Waals surface area contributed by atoms with Gasteiger partial charge in [-0.2, -0.15) is 0 Å². The number of halogens is 1. The van der Waals surface area contributed by atoms with Gasteiger partial charge < -0.3 is 21.1 Å². The number of aromatic amines is 1. The normalized spacial score (nSPS) is 10.7. The van der Waals surface area contributed by atoms with Crippen molar-refractivity contribution >= 4 is 34.1 Å². The maximum atomic E-state index is 12.3. The van der Waals surface area contributed by atoms with E-state index in [1.165, 1.54) is 6.07 Å². The number of nitrogens with two attached hydrogens (primary N) is 1. The lowest BCUT2D eigenvalue weighted by Crippen LogP contribution is -2.29. The third-order valence-electron chi connectivity index (χ3n) is 3.60. The fraction of sp³-hybridized carbons (Fsp3) is 0.0588. The Morgan fingerprint density at radius 1 is 1.21 bits per heavy atom. The van der Waals surface area contributed by atoms with E-state index in [-0.39, 0.29) is 17.9 Å². The zero-order valence-electron chi connectivity index (χ0n) is 12.5. The first-order chi connectivity index (χ1) is 11.5. The summed E-state index contributed by atoms with van der Waals surface area (Å²) < 4.78 is 0. The van der Waals surface area contributed by atoms with E-state index in [1.807, 2.05) is 0 Å². The molecule has 3 aromatic rings. The Morgan fingerprint density at radius 3 is 2.62 bits per heavy atom. The predicted octanol–water partition coefficient (Wildman–Crippen LogP) is 2.40. The average Bonchev–Trinajstić information content (AvgIpc) is 2.54. The Labute approximate surface area is 141 Å². The van der Waals surface area contributed by atoms with Crippen LogP contribution in [-0.4, -0.2) is 16.0 Å². The van der Waals surface area contributed by atoms with Gasteiger partial charge in [0, 0.05) is 22.6 Å². The van der Waals surface area contributed by atoms with Crippen LogP contribution >= 0.6 is 11.6 Å². The van der Waals surface area contributed by atoms with Gasteiger partial charge in [0.25, 0.3) is 11.5 Å². The molecule has 0 radical (unpaired) electrons. The molecule has 1 aromatic heterocycles. The molecule has 0 saturated carbocycles. The quantitative estimate of drug-likeness (QED) is 0.547. The Hall–Kier alpha value is -2.99. The number of aromatic nitrogens is 1. The van der Waals surface area contributed by atoms with Gasteiger partial charge in [0.15, 0.2) is 0 Å². The number of amides is 1. The van der Waals surface area contributed by atoms with Gasteiger partial charge >= 0.3 is 0 Å². The van der Waals surface area contributed by atoms with Crippen molar-refractivity contribution in [1.82, 2.24) is 10.3 Å². The molecule has 5 N–H and O–H groups in total. The number of H-pyrrole nitrogens is 1. The van der Waals surface area contributed by atoms with E-state index in [9.17, 15) is 14.7 Å². The summed E-state index contributed by atoms with van der Waals surface area (Å²) in [5.74, 6) is -1.04. The lowest BCUT2D eigenvalue weighted by Gasteiger charge is -2.09. The van der Waals surface area contributed by atoms with Crippen LogP contribution in [0.1, 0.15) is 15.9 Å². The molecule has 7 heteroatoms. The van der Waals surface area contributed by atoms with Gasteiger partial charge in [0.05, 0.1) is 5.52 Å². The molecule has 2 aromatic carbocycles. The number of fused-ring (bicyclic) bond motifs is 1. The molecule has 0 saturated heterocycles. The van der Waals surface area contributed by atoms with Crippen LogP contribution < -0.4 is 16.6 Å². The van der Waals surface area contributed by atoms with Crippen molar-refractivity contribution in [3.63, 3.8) is 0 Å². The summed E-state index contributed by atoms with van der Waals surface area (Å²) in [5.41, 5.74) is 6.27. The second-order valence-corrected chi connectivity index (χ2v) is 5.73. The molecule has 0 unspecified atom stereocenters. The molecule has 0 spiro atoms. The zero-order valence-corrected chi connectivity index (χ0v) is 13.2. The third kappa shape index (κ3) is 3.04. The fourth-order valence-corrected chi connectivity index (χ4v) is 2.51. The van der Waals surface area contributed by atoms with Gasteiger partial charge in [-0.25, -0.2) is 0 Å². The third-order valence-corrected chi connectivity index (χ3v) is 3.86. The Balaban J connectivity index is 1.90. The number of pyridine rings is 1. The van der Waals surface area contributed by atoms with E-state index in [0.29, 0.717) is 21.6 Å².